The van der Waals surface area contributed by atoms with Crippen LogP contribution in [0.4, 0.5) is 0 Å². The average Bonchev–Trinajstić information content (AvgIpc) is 3.81. The molecule has 11 rings (SSSR count). The van der Waals surface area contributed by atoms with Crippen molar-refractivity contribution in [3.63, 3.8) is 0 Å². The second-order valence-corrected chi connectivity index (χ2v) is 14.0. The van der Waals surface area contributed by atoms with Gasteiger partial charge in [-0.3, -0.25) is 0 Å². The summed E-state index contributed by atoms with van der Waals surface area (Å²) >= 11 is 0. The van der Waals surface area contributed by atoms with Gasteiger partial charge < -0.3 is 9.13 Å². The lowest BCUT2D eigenvalue weighted by Gasteiger charge is -2.15. The minimum absolute atomic E-state index is 0.623. The van der Waals surface area contributed by atoms with Crippen LogP contribution in [0.5, 0.6) is 0 Å². The Balaban J connectivity index is 1.17. The highest BCUT2D eigenvalue weighted by Gasteiger charge is 2.22. The molecule has 3 aromatic heterocycles. The Hall–Kier alpha value is -7.63. The third kappa shape index (κ3) is 5.13. The van der Waals surface area contributed by atoms with E-state index in [9.17, 15) is 0 Å². The first-order valence-corrected chi connectivity index (χ1v) is 18.9. The van der Waals surface area contributed by atoms with Gasteiger partial charge in [-0.15, -0.1) is 0 Å². The number of hydrogen-bond acceptors (Lipinski definition) is 3. The van der Waals surface area contributed by atoms with Crippen LogP contribution in [0, 0.1) is 0 Å². The van der Waals surface area contributed by atoms with Gasteiger partial charge in [-0.05, 0) is 36.4 Å². The molecule has 0 aliphatic rings. The Bertz CT molecular complexity index is 3180. The van der Waals surface area contributed by atoms with E-state index in [-0.39, 0.29) is 0 Å². The minimum Gasteiger partial charge on any atom is -0.309 e. The molecule has 0 fully saturated rings. The van der Waals surface area contributed by atoms with E-state index in [0.717, 1.165) is 44.7 Å². The van der Waals surface area contributed by atoms with Crippen molar-refractivity contribution in [3.8, 4) is 56.7 Å². The van der Waals surface area contributed by atoms with E-state index < -0.39 is 0 Å². The Labute approximate surface area is 323 Å². The SMILES string of the molecule is c1ccc(-c2nc(-c3ccccc3)nc(-c3cccc(-n4c5ccccc5c5cccc(-c6cccc7c8ccccc8n(-c8ccccc8)c67)c54)c3)n2)cc1. The van der Waals surface area contributed by atoms with E-state index in [2.05, 4.69) is 149 Å². The predicted molar refractivity (Wildman–Crippen MR) is 230 cm³/mol. The summed E-state index contributed by atoms with van der Waals surface area (Å²) < 4.78 is 4.83. The van der Waals surface area contributed by atoms with Gasteiger partial charge in [0.25, 0.3) is 0 Å². The fourth-order valence-electron chi connectivity index (χ4n) is 8.31. The molecule has 3 heterocycles. The number of rotatable bonds is 6. The van der Waals surface area contributed by atoms with Crippen LogP contribution in [0.15, 0.2) is 200 Å². The fourth-order valence-corrected chi connectivity index (χ4v) is 8.31. The predicted octanol–water partition coefficient (Wildman–Crippen LogP) is 12.7. The summed E-state index contributed by atoms with van der Waals surface area (Å²) in [6.45, 7) is 0. The van der Waals surface area contributed by atoms with Gasteiger partial charge in [0.2, 0.25) is 0 Å². The molecule has 0 bridgehead atoms. The average molecular weight is 716 g/mol. The van der Waals surface area contributed by atoms with Gasteiger partial charge >= 0.3 is 0 Å². The second-order valence-electron chi connectivity index (χ2n) is 14.0. The summed E-state index contributed by atoms with van der Waals surface area (Å²) in [5.74, 6) is 1.90. The van der Waals surface area contributed by atoms with Crippen molar-refractivity contribution in [2.75, 3.05) is 0 Å². The zero-order chi connectivity index (χ0) is 37.0. The quantitative estimate of drug-likeness (QED) is 0.172. The highest BCUT2D eigenvalue weighted by Crippen LogP contribution is 2.43. The molecular formula is C51H33N5. The van der Waals surface area contributed by atoms with E-state index in [4.69, 9.17) is 15.0 Å². The monoisotopic (exact) mass is 715 g/mol. The lowest BCUT2D eigenvalue weighted by molar-refractivity contribution is 1.07. The van der Waals surface area contributed by atoms with Crippen molar-refractivity contribution in [1.29, 1.82) is 0 Å². The summed E-state index contributed by atoms with van der Waals surface area (Å²) in [7, 11) is 0. The Morgan fingerprint density at radius 1 is 0.286 bits per heavy atom. The molecule has 5 nitrogen and oxygen atoms in total. The lowest BCUT2D eigenvalue weighted by atomic mass is 9.99. The van der Waals surface area contributed by atoms with Crippen molar-refractivity contribution in [1.82, 2.24) is 24.1 Å². The van der Waals surface area contributed by atoms with Gasteiger partial charge in [-0.25, -0.2) is 15.0 Å². The van der Waals surface area contributed by atoms with Crippen LogP contribution >= 0.6 is 0 Å². The van der Waals surface area contributed by atoms with E-state index in [1.165, 1.54) is 38.1 Å². The van der Waals surface area contributed by atoms with Gasteiger partial charge in [0.05, 0.1) is 22.1 Å². The molecule has 0 spiro atoms. The van der Waals surface area contributed by atoms with Crippen molar-refractivity contribution in [2.45, 2.75) is 0 Å². The largest absolute Gasteiger partial charge is 0.309 e. The number of hydrogen-bond donors (Lipinski definition) is 0. The Morgan fingerprint density at radius 2 is 0.661 bits per heavy atom. The zero-order valence-corrected chi connectivity index (χ0v) is 30.3. The standard InChI is InChI=1S/C51H33N5/c1-4-17-34(18-5-1)49-52-50(35-19-6-2-7-20-35)54-51(53-49)36-21-14-24-38(33-36)56-46-32-13-11-26-40(46)42-28-16-30-44(48(42)56)43-29-15-27-41-39-25-10-12-31-45(39)55(47(41)43)37-22-8-3-9-23-37/h1-33H. The first-order valence-electron chi connectivity index (χ1n) is 18.9. The third-order valence-corrected chi connectivity index (χ3v) is 10.8. The van der Waals surface area contributed by atoms with Crippen LogP contribution in [-0.4, -0.2) is 24.1 Å². The van der Waals surface area contributed by atoms with Crippen molar-refractivity contribution in [2.24, 2.45) is 0 Å². The second kappa shape index (κ2) is 13.0. The summed E-state index contributed by atoms with van der Waals surface area (Å²) in [6, 6.07) is 70.4. The van der Waals surface area contributed by atoms with Crippen LogP contribution in [0.1, 0.15) is 0 Å². The lowest BCUT2D eigenvalue weighted by Crippen LogP contribution is -2.01. The van der Waals surface area contributed by atoms with Gasteiger partial charge in [0, 0.05) is 60.7 Å². The number of aromatic nitrogens is 5. The highest BCUT2D eigenvalue weighted by molar-refractivity contribution is 6.19. The topological polar surface area (TPSA) is 48.5 Å². The molecule has 262 valence electrons. The van der Waals surface area contributed by atoms with Crippen LogP contribution in [-0.2, 0) is 0 Å². The first-order chi connectivity index (χ1) is 27.8. The first kappa shape index (κ1) is 31.9. The molecule has 8 aromatic carbocycles. The summed E-state index contributed by atoms with van der Waals surface area (Å²) in [5, 5.41) is 4.85. The molecule has 0 radical (unpaired) electrons. The number of nitrogens with zero attached hydrogens (tertiary/aromatic N) is 5. The minimum atomic E-state index is 0.623. The molecule has 0 aliphatic carbocycles. The zero-order valence-electron chi connectivity index (χ0n) is 30.3. The highest BCUT2D eigenvalue weighted by atomic mass is 15.0. The van der Waals surface area contributed by atoms with Crippen LogP contribution in [0.25, 0.3) is 100 Å². The summed E-state index contributed by atoms with van der Waals surface area (Å²) in [5.41, 5.74) is 11.9. The molecule has 5 heteroatoms. The molecule has 0 N–H and O–H groups in total. The molecular weight excluding hydrogens is 683 g/mol. The molecule has 56 heavy (non-hydrogen) atoms. The van der Waals surface area contributed by atoms with Gasteiger partial charge in [0.1, 0.15) is 0 Å². The normalized spacial score (nSPS) is 11.6. The van der Waals surface area contributed by atoms with E-state index >= 15 is 0 Å². The molecule has 0 aliphatic heterocycles. The summed E-state index contributed by atoms with van der Waals surface area (Å²) in [6.07, 6.45) is 0. The van der Waals surface area contributed by atoms with Gasteiger partial charge in [0.15, 0.2) is 17.5 Å². The third-order valence-electron chi connectivity index (χ3n) is 10.8. The number of fused-ring (bicyclic) bond motifs is 6. The molecule has 0 atom stereocenters. The fraction of sp³-hybridized carbons (Fsp3) is 0. The smallest absolute Gasteiger partial charge is 0.164 e. The van der Waals surface area contributed by atoms with Gasteiger partial charge in [-0.1, -0.05) is 164 Å². The Morgan fingerprint density at radius 3 is 1.20 bits per heavy atom. The van der Waals surface area contributed by atoms with Crippen LogP contribution in [0.3, 0.4) is 0 Å². The number of benzene rings is 8. The molecule has 0 unspecified atom stereocenters. The van der Waals surface area contributed by atoms with Crippen molar-refractivity contribution < 1.29 is 0 Å². The van der Waals surface area contributed by atoms with Gasteiger partial charge in [-0.2, -0.15) is 0 Å². The maximum absolute atomic E-state index is 5.07. The van der Waals surface area contributed by atoms with E-state index in [1.54, 1.807) is 0 Å². The Kier molecular flexibility index (Phi) is 7.42. The summed E-state index contributed by atoms with van der Waals surface area (Å²) in [4.78, 5) is 15.1. The molecule has 0 saturated heterocycles. The van der Waals surface area contributed by atoms with Crippen molar-refractivity contribution >= 4 is 43.6 Å². The van der Waals surface area contributed by atoms with Crippen LogP contribution < -0.4 is 0 Å². The number of para-hydroxylation sites is 5. The van der Waals surface area contributed by atoms with Crippen LogP contribution in [0.2, 0.25) is 0 Å². The van der Waals surface area contributed by atoms with E-state index in [1.807, 2.05) is 60.7 Å². The maximum atomic E-state index is 5.07. The van der Waals surface area contributed by atoms with Crippen molar-refractivity contribution in [3.05, 3.63) is 200 Å². The maximum Gasteiger partial charge on any atom is 0.164 e. The van der Waals surface area contributed by atoms with E-state index in [0.29, 0.717) is 17.5 Å². The molecule has 0 saturated carbocycles. The molecule has 11 aromatic rings. The molecule has 0 amide bonds.